The van der Waals surface area contributed by atoms with E-state index in [0.717, 1.165) is 11.9 Å². The van der Waals surface area contributed by atoms with Crippen LogP contribution in [0.2, 0.25) is 0 Å². The molecular weight excluding hydrogens is 332 g/mol. The fourth-order valence-corrected chi connectivity index (χ4v) is 2.80. The Morgan fingerprint density at radius 2 is 1.88 bits per heavy atom. The van der Waals surface area contributed by atoms with Gasteiger partial charge in [-0.25, -0.2) is 23.2 Å². The second-order valence-corrected chi connectivity index (χ2v) is 5.90. The molecule has 0 spiro atoms. The van der Waals surface area contributed by atoms with Crippen molar-refractivity contribution in [2.24, 2.45) is 0 Å². The minimum absolute atomic E-state index is 0.00210. The van der Waals surface area contributed by atoms with E-state index in [4.69, 9.17) is 4.74 Å². The summed E-state index contributed by atoms with van der Waals surface area (Å²) in [6.45, 7) is 0.0494. The smallest absolute Gasteiger partial charge is 0.338 e. The molecule has 24 heavy (non-hydrogen) atoms. The van der Waals surface area contributed by atoms with Gasteiger partial charge in [-0.2, -0.15) is 0 Å². The van der Waals surface area contributed by atoms with E-state index < -0.39 is 22.6 Å². The molecule has 3 aromatic rings. The van der Waals surface area contributed by atoms with E-state index in [1.165, 1.54) is 12.1 Å². The SMILES string of the molecule is O=C(OCc1ccccc1)c1cc([SH](=O)=O)c2ncnc(O)c2c1. The second kappa shape index (κ2) is 6.63. The molecule has 0 bridgehead atoms. The van der Waals surface area contributed by atoms with Crippen molar-refractivity contribution < 1.29 is 23.1 Å². The highest BCUT2D eigenvalue weighted by Gasteiger charge is 2.16. The maximum Gasteiger partial charge on any atom is 0.338 e. The fourth-order valence-electron chi connectivity index (χ4n) is 2.20. The first-order chi connectivity index (χ1) is 11.6. The molecule has 0 saturated carbocycles. The number of aromatic nitrogens is 2. The van der Waals surface area contributed by atoms with Crippen molar-refractivity contribution in [1.82, 2.24) is 9.97 Å². The number of thiol groups is 1. The van der Waals surface area contributed by atoms with Crippen LogP contribution >= 0.6 is 0 Å². The van der Waals surface area contributed by atoms with E-state index in [-0.39, 0.29) is 28.0 Å². The van der Waals surface area contributed by atoms with Crippen molar-refractivity contribution in [2.75, 3.05) is 0 Å². The molecule has 0 fully saturated rings. The van der Waals surface area contributed by atoms with Crippen LogP contribution in [0.15, 0.2) is 53.7 Å². The van der Waals surface area contributed by atoms with Crippen molar-refractivity contribution in [3.8, 4) is 5.88 Å². The van der Waals surface area contributed by atoms with Crippen LogP contribution in [-0.2, 0) is 22.0 Å². The number of fused-ring (bicyclic) bond motifs is 1. The van der Waals surface area contributed by atoms with Gasteiger partial charge >= 0.3 is 5.97 Å². The van der Waals surface area contributed by atoms with E-state index in [0.29, 0.717) is 0 Å². The summed E-state index contributed by atoms with van der Waals surface area (Å²) in [6, 6.07) is 11.5. The Kier molecular flexibility index (Phi) is 4.39. The fraction of sp³-hybridized carbons (Fsp3) is 0.0625. The van der Waals surface area contributed by atoms with Crippen molar-refractivity contribution >= 4 is 27.6 Å². The van der Waals surface area contributed by atoms with Gasteiger partial charge in [0.25, 0.3) is 0 Å². The summed E-state index contributed by atoms with van der Waals surface area (Å²) in [4.78, 5) is 19.5. The van der Waals surface area contributed by atoms with E-state index in [1.54, 1.807) is 12.1 Å². The molecule has 122 valence electrons. The van der Waals surface area contributed by atoms with E-state index >= 15 is 0 Å². The molecule has 0 saturated heterocycles. The third-order valence-corrected chi connectivity index (χ3v) is 4.08. The Bertz CT molecular complexity index is 978. The van der Waals surface area contributed by atoms with Gasteiger partial charge < -0.3 is 9.84 Å². The summed E-state index contributed by atoms with van der Waals surface area (Å²) in [6.07, 6.45) is 1.05. The average molecular weight is 344 g/mol. The Hall–Kier alpha value is -3.00. The standard InChI is InChI=1S/C16H12N2O5S/c19-15-12-6-11(7-13(24(21)22)14(12)17-9-18-15)16(20)23-8-10-4-2-1-3-5-10/h1-7,9,24H,8H2,(H,17,18,19). The Morgan fingerprint density at radius 3 is 2.58 bits per heavy atom. The van der Waals surface area contributed by atoms with Crippen molar-refractivity contribution in [2.45, 2.75) is 11.5 Å². The summed E-state index contributed by atoms with van der Waals surface area (Å²) in [7, 11) is -3.01. The quantitative estimate of drug-likeness (QED) is 0.547. The van der Waals surface area contributed by atoms with E-state index in [1.807, 2.05) is 18.2 Å². The lowest BCUT2D eigenvalue weighted by Gasteiger charge is -2.08. The number of ether oxygens (including phenoxy) is 1. The molecule has 7 nitrogen and oxygen atoms in total. The predicted molar refractivity (Wildman–Crippen MR) is 85.3 cm³/mol. The number of benzene rings is 2. The number of nitrogens with zero attached hydrogens (tertiary/aromatic N) is 2. The van der Waals surface area contributed by atoms with Gasteiger partial charge in [-0.05, 0) is 17.7 Å². The summed E-state index contributed by atoms with van der Waals surface area (Å²) < 4.78 is 28.0. The van der Waals surface area contributed by atoms with Crippen LogP contribution in [0.5, 0.6) is 5.88 Å². The summed E-state index contributed by atoms with van der Waals surface area (Å²) >= 11 is 0. The third-order valence-electron chi connectivity index (χ3n) is 3.34. The van der Waals surface area contributed by atoms with Gasteiger partial charge in [-0.15, -0.1) is 0 Å². The zero-order valence-electron chi connectivity index (χ0n) is 12.2. The first-order valence-corrected chi connectivity index (χ1v) is 8.07. The van der Waals surface area contributed by atoms with Crippen molar-refractivity contribution in [1.29, 1.82) is 0 Å². The largest absolute Gasteiger partial charge is 0.493 e. The van der Waals surface area contributed by atoms with Gasteiger partial charge in [0.2, 0.25) is 5.88 Å². The van der Waals surface area contributed by atoms with Gasteiger partial charge in [-0.1, -0.05) is 30.3 Å². The maximum atomic E-state index is 12.2. The van der Waals surface area contributed by atoms with Gasteiger partial charge in [0.1, 0.15) is 12.9 Å². The first kappa shape index (κ1) is 15.9. The second-order valence-electron chi connectivity index (χ2n) is 4.91. The minimum atomic E-state index is -3.01. The predicted octanol–water partition coefficient (Wildman–Crippen LogP) is 1.66. The molecule has 0 aliphatic rings. The lowest BCUT2D eigenvalue weighted by atomic mass is 10.1. The molecule has 0 unspecified atom stereocenters. The van der Waals surface area contributed by atoms with Crippen LogP contribution < -0.4 is 0 Å². The normalized spacial score (nSPS) is 10.9. The van der Waals surface area contributed by atoms with E-state index in [9.17, 15) is 18.3 Å². The number of aromatic hydroxyl groups is 1. The highest BCUT2D eigenvalue weighted by atomic mass is 32.2. The molecule has 8 heteroatoms. The number of hydrogen-bond donors (Lipinski definition) is 2. The lowest BCUT2D eigenvalue weighted by molar-refractivity contribution is 0.0472. The number of esters is 1. The topological polar surface area (TPSA) is 106 Å². The molecule has 0 aliphatic carbocycles. The van der Waals surface area contributed by atoms with Crippen LogP contribution in [0.1, 0.15) is 15.9 Å². The van der Waals surface area contributed by atoms with Crippen LogP contribution in [0.4, 0.5) is 0 Å². The Balaban J connectivity index is 1.97. The van der Waals surface area contributed by atoms with Gasteiger partial charge in [-0.3, -0.25) is 0 Å². The maximum absolute atomic E-state index is 12.2. The molecule has 1 heterocycles. The highest BCUT2D eigenvalue weighted by Crippen LogP contribution is 2.26. The van der Waals surface area contributed by atoms with Crippen LogP contribution in [0, 0.1) is 0 Å². The van der Waals surface area contributed by atoms with Gasteiger partial charge in [0, 0.05) is 0 Å². The molecule has 0 aliphatic heterocycles. The molecule has 1 aromatic heterocycles. The zero-order chi connectivity index (χ0) is 17.1. The van der Waals surface area contributed by atoms with Gasteiger partial charge in [0.05, 0.1) is 21.4 Å². The molecule has 3 rings (SSSR count). The summed E-state index contributed by atoms with van der Waals surface area (Å²) in [5.41, 5.74) is 0.851. The lowest BCUT2D eigenvalue weighted by Crippen LogP contribution is -2.06. The van der Waals surface area contributed by atoms with Gasteiger partial charge in [0.15, 0.2) is 10.7 Å². The Labute approximate surface area is 138 Å². The molecule has 1 N–H and O–H groups in total. The number of carbonyl (C=O) groups is 1. The average Bonchev–Trinajstić information content (AvgIpc) is 2.60. The van der Waals surface area contributed by atoms with Crippen molar-refractivity contribution in [3.63, 3.8) is 0 Å². The first-order valence-electron chi connectivity index (χ1n) is 6.89. The summed E-state index contributed by atoms with van der Waals surface area (Å²) in [5.74, 6) is -1.11. The zero-order valence-corrected chi connectivity index (χ0v) is 13.1. The van der Waals surface area contributed by atoms with Crippen LogP contribution in [0.25, 0.3) is 10.9 Å². The molecule has 2 aromatic carbocycles. The third kappa shape index (κ3) is 3.18. The number of hydrogen-bond acceptors (Lipinski definition) is 7. The van der Waals surface area contributed by atoms with E-state index in [2.05, 4.69) is 9.97 Å². The monoisotopic (exact) mass is 344 g/mol. The number of rotatable bonds is 4. The number of carbonyl (C=O) groups excluding carboxylic acids is 1. The van der Waals surface area contributed by atoms with Crippen LogP contribution in [0.3, 0.4) is 0 Å². The van der Waals surface area contributed by atoms with Crippen LogP contribution in [-0.4, -0.2) is 29.5 Å². The molecule has 0 radical (unpaired) electrons. The minimum Gasteiger partial charge on any atom is -0.493 e. The molecular formula is C16H12N2O5S. The molecule has 0 amide bonds. The molecule has 0 atom stereocenters. The van der Waals surface area contributed by atoms with Crippen molar-refractivity contribution in [3.05, 3.63) is 59.9 Å². The summed E-state index contributed by atoms with van der Waals surface area (Å²) in [5, 5.41) is 9.86. The highest BCUT2D eigenvalue weighted by molar-refractivity contribution is 7.72. The Morgan fingerprint density at radius 1 is 1.12 bits per heavy atom.